The van der Waals surface area contributed by atoms with Gasteiger partial charge in [-0.15, -0.1) is 0 Å². The van der Waals surface area contributed by atoms with E-state index >= 15 is 0 Å². The van der Waals surface area contributed by atoms with Crippen molar-refractivity contribution in [1.82, 2.24) is 0 Å². The standard InChI is InChI=1S/C21H18F3NOS/c22-21(23,24)18-11-16(14-6-2-1-3-7-14)10-17(12-25)20(18)27-19-9-5-4-8-15(19)13-26/h1-11,26H,12-13,25H2. The van der Waals surface area contributed by atoms with E-state index < -0.39 is 11.7 Å². The van der Waals surface area contributed by atoms with Crippen LogP contribution in [0.2, 0.25) is 0 Å². The first-order chi connectivity index (χ1) is 12.9. The second kappa shape index (κ2) is 8.17. The second-order valence-electron chi connectivity index (χ2n) is 5.95. The van der Waals surface area contributed by atoms with Gasteiger partial charge in [-0.2, -0.15) is 13.2 Å². The Morgan fingerprint density at radius 3 is 2.15 bits per heavy atom. The van der Waals surface area contributed by atoms with E-state index in [0.717, 1.165) is 11.8 Å². The quantitative estimate of drug-likeness (QED) is 0.608. The number of aliphatic hydroxyl groups is 1. The van der Waals surface area contributed by atoms with Crippen LogP contribution >= 0.6 is 11.8 Å². The third-order valence-corrected chi connectivity index (χ3v) is 5.46. The van der Waals surface area contributed by atoms with E-state index in [2.05, 4.69) is 0 Å². The maximum absolute atomic E-state index is 13.8. The molecule has 27 heavy (non-hydrogen) atoms. The Balaban J connectivity index is 2.17. The Morgan fingerprint density at radius 2 is 1.52 bits per heavy atom. The molecule has 3 N–H and O–H groups in total. The molecule has 0 aromatic heterocycles. The minimum absolute atomic E-state index is 0.0205. The van der Waals surface area contributed by atoms with Crippen molar-refractivity contribution in [2.24, 2.45) is 5.73 Å². The monoisotopic (exact) mass is 389 g/mol. The minimum Gasteiger partial charge on any atom is -0.392 e. The molecule has 0 heterocycles. The Kier molecular flexibility index (Phi) is 5.89. The summed E-state index contributed by atoms with van der Waals surface area (Å²) in [5, 5.41) is 9.48. The highest BCUT2D eigenvalue weighted by Crippen LogP contribution is 2.44. The van der Waals surface area contributed by atoms with Crippen molar-refractivity contribution in [3.05, 3.63) is 83.4 Å². The highest BCUT2D eigenvalue weighted by Gasteiger charge is 2.35. The van der Waals surface area contributed by atoms with Gasteiger partial charge in [0.25, 0.3) is 0 Å². The van der Waals surface area contributed by atoms with Crippen LogP contribution in [0.25, 0.3) is 11.1 Å². The van der Waals surface area contributed by atoms with E-state index in [-0.39, 0.29) is 18.0 Å². The van der Waals surface area contributed by atoms with E-state index in [1.807, 2.05) is 6.07 Å². The van der Waals surface area contributed by atoms with Crippen LogP contribution in [-0.4, -0.2) is 5.11 Å². The molecule has 0 aliphatic rings. The SMILES string of the molecule is NCc1cc(-c2ccccc2)cc(C(F)(F)F)c1Sc1ccccc1CO. The molecular weight excluding hydrogens is 371 g/mol. The summed E-state index contributed by atoms with van der Waals surface area (Å²) in [7, 11) is 0. The largest absolute Gasteiger partial charge is 0.417 e. The van der Waals surface area contributed by atoms with Gasteiger partial charge in [0.1, 0.15) is 0 Å². The Hall–Kier alpha value is -2.28. The number of benzene rings is 3. The lowest BCUT2D eigenvalue weighted by Gasteiger charge is -2.19. The molecule has 0 bridgehead atoms. The number of nitrogens with two attached hydrogens (primary N) is 1. The predicted molar refractivity (Wildman–Crippen MR) is 101 cm³/mol. The average Bonchev–Trinajstić information content (AvgIpc) is 2.68. The molecule has 3 rings (SSSR count). The normalized spacial score (nSPS) is 11.6. The van der Waals surface area contributed by atoms with E-state index in [4.69, 9.17) is 5.73 Å². The lowest BCUT2D eigenvalue weighted by atomic mass is 9.99. The lowest BCUT2D eigenvalue weighted by molar-refractivity contribution is -0.139. The fourth-order valence-electron chi connectivity index (χ4n) is 2.81. The van der Waals surface area contributed by atoms with Crippen molar-refractivity contribution < 1.29 is 18.3 Å². The summed E-state index contributed by atoms with van der Waals surface area (Å²) in [5.41, 5.74) is 7.25. The van der Waals surface area contributed by atoms with Crippen molar-refractivity contribution in [2.75, 3.05) is 0 Å². The maximum Gasteiger partial charge on any atom is 0.417 e. The molecule has 0 aliphatic carbocycles. The lowest BCUT2D eigenvalue weighted by Crippen LogP contribution is -2.11. The average molecular weight is 389 g/mol. The van der Waals surface area contributed by atoms with Gasteiger partial charge in [-0.05, 0) is 40.5 Å². The molecule has 0 fully saturated rings. The number of aliphatic hydroxyl groups excluding tert-OH is 1. The minimum atomic E-state index is -4.52. The van der Waals surface area contributed by atoms with Gasteiger partial charge in [-0.3, -0.25) is 0 Å². The van der Waals surface area contributed by atoms with Crippen LogP contribution in [0.4, 0.5) is 13.2 Å². The summed E-state index contributed by atoms with van der Waals surface area (Å²) in [4.78, 5) is 0.651. The van der Waals surface area contributed by atoms with Crippen molar-refractivity contribution in [2.45, 2.75) is 29.1 Å². The van der Waals surface area contributed by atoms with Crippen LogP contribution < -0.4 is 5.73 Å². The molecule has 0 radical (unpaired) electrons. The first-order valence-corrected chi connectivity index (χ1v) is 9.12. The number of alkyl halides is 3. The highest BCUT2D eigenvalue weighted by molar-refractivity contribution is 7.99. The van der Waals surface area contributed by atoms with E-state index in [1.54, 1.807) is 54.6 Å². The van der Waals surface area contributed by atoms with Gasteiger partial charge >= 0.3 is 6.18 Å². The van der Waals surface area contributed by atoms with Gasteiger partial charge < -0.3 is 10.8 Å². The molecule has 0 amide bonds. The predicted octanol–water partition coefficient (Wildman–Crippen LogP) is 5.47. The number of halogens is 3. The summed E-state index contributed by atoms with van der Waals surface area (Å²) in [6, 6.07) is 18.6. The summed E-state index contributed by atoms with van der Waals surface area (Å²) in [6.07, 6.45) is -4.52. The van der Waals surface area contributed by atoms with Gasteiger partial charge in [0.15, 0.2) is 0 Å². The van der Waals surface area contributed by atoms with Gasteiger partial charge in [0.2, 0.25) is 0 Å². The van der Waals surface area contributed by atoms with Gasteiger partial charge in [0.05, 0.1) is 12.2 Å². The first-order valence-electron chi connectivity index (χ1n) is 8.30. The molecule has 0 saturated heterocycles. The molecule has 6 heteroatoms. The van der Waals surface area contributed by atoms with E-state index in [9.17, 15) is 18.3 Å². The first kappa shape index (κ1) is 19.5. The van der Waals surface area contributed by atoms with E-state index in [0.29, 0.717) is 27.1 Å². The van der Waals surface area contributed by atoms with Crippen LogP contribution in [0.3, 0.4) is 0 Å². The maximum atomic E-state index is 13.8. The number of hydrogen-bond acceptors (Lipinski definition) is 3. The zero-order valence-electron chi connectivity index (χ0n) is 14.3. The highest BCUT2D eigenvalue weighted by atomic mass is 32.2. The molecular formula is C21H18F3NOS. The smallest absolute Gasteiger partial charge is 0.392 e. The molecule has 3 aromatic rings. The molecule has 0 atom stereocenters. The van der Waals surface area contributed by atoms with Crippen LogP contribution in [0.15, 0.2) is 76.5 Å². The summed E-state index contributed by atoms with van der Waals surface area (Å²) in [6.45, 7) is -0.266. The molecule has 2 nitrogen and oxygen atoms in total. The van der Waals surface area contributed by atoms with Crippen molar-refractivity contribution in [3.8, 4) is 11.1 Å². The molecule has 0 saturated carbocycles. The van der Waals surface area contributed by atoms with Gasteiger partial charge in [-0.25, -0.2) is 0 Å². The molecule has 0 spiro atoms. The van der Waals surface area contributed by atoms with Crippen LogP contribution in [0.1, 0.15) is 16.7 Å². The zero-order chi connectivity index (χ0) is 19.4. The topological polar surface area (TPSA) is 46.2 Å². The summed E-state index contributed by atoms with van der Waals surface area (Å²) >= 11 is 0.987. The van der Waals surface area contributed by atoms with Crippen molar-refractivity contribution in [1.29, 1.82) is 0 Å². The van der Waals surface area contributed by atoms with Crippen LogP contribution in [0, 0.1) is 0 Å². The van der Waals surface area contributed by atoms with Crippen molar-refractivity contribution >= 4 is 11.8 Å². The van der Waals surface area contributed by atoms with Crippen LogP contribution in [-0.2, 0) is 19.3 Å². The Morgan fingerprint density at radius 1 is 0.852 bits per heavy atom. The van der Waals surface area contributed by atoms with Crippen molar-refractivity contribution in [3.63, 3.8) is 0 Å². The second-order valence-corrected chi connectivity index (χ2v) is 7.00. The molecule has 0 unspecified atom stereocenters. The van der Waals surface area contributed by atoms with E-state index in [1.165, 1.54) is 6.07 Å². The third-order valence-electron chi connectivity index (χ3n) is 4.15. The van der Waals surface area contributed by atoms with Gasteiger partial charge in [0, 0.05) is 16.3 Å². The fraction of sp³-hybridized carbons (Fsp3) is 0.143. The Labute approximate surface area is 159 Å². The molecule has 0 aliphatic heterocycles. The summed E-state index contributed by atoms with van der Waals surface area (Å²) < 4.78 is 41.5. The number of rotatable bonds is 5. The third kappa shape index (κ3) is 4.35. The number of hydrogen-bond donors (Lipinski definition) is 2. The van der Waals surface area contributed by atoms with Gasteiger partial charge in [-0.1, -0.05) is 60.3 Å². The zero-order valence-corrected chi connectivity index (χ0v) is 15.1. The Bertz CT molecular complexity index is 926. The molecule has 3 aromatic carbocycles. The summed E-state index contributed by atoms with van der Waals surface area (Å²) in [5.74, 6) is 0. The molecule has 140 valence electrons. The van der Waals surface area contributed by atoms with Crippen LogP contribution in [0.5, 0.6) is 0 Å². The fourth-order valence-corrected chi connectivity index (χ4v) is 4.00.